The van der Waals surface area contributed by atoms with Crippen molar-refractivity contribution < 1.29 is 4.42 Å². The topological polar surface area (TPSA) is 55.3 Å². The Morgan fingerprint density at radius 3 is 2.56 bits per heavy atom. The second-order valence-electron chi connectivity index (χ2n) is 4.91. The SMILES string of the molecule is Cc1nc(CN2CCC(N)C(C)C2)oc1C.Cl.Cl. The zero-order valence-electron chi connectivity index (χ0n) is 11.2. The van der Waals surface area contributed by atoms with Gasteiger partial charge < -0.3 is 10.2 Å². The Morgan fingerprint density at radius 1 is 1.39 bits per heavy atom. The highest BCUT2D eigenvalue weighted by molar-refractivity contribution is 5.85. The third kappa shape index (κ3) is 4.12. The molecule has 4 nitrogen and oxygen atoms in total. The van der Waals surface area contributed by atoms with Crippen molar-refractivity contribution in [2.75, 3.05) is 13.1 Å². The first-order chi connectivity index (χ1) is 7.56. The standard InChI is InChI=1S/C12H21N3O.2ClH/c1-8-6-15(5-4-11(8)13)7-12-14-9(2)10(3)16-12;;/h8,11H,4-7,13H2,1-3H3;2*1H. The van der Waals surface area contributed by atoms with Gasteiger partial charge in [-0.3, -0.25) is 4.90 Å². The largest absolute Gasteiger partial charge is 0.444 e. The molecule has 1 saturated heterocycles. The molecule has 2 atom stereocenters. The van der Waals surface area contributed by atoms with Crippen molar-refractivity contribution in [3.63, 3.8) is 0 Å². The van der Waals surface area contributed by atoms with Crippen LogP contribution in [0.25, 0.3) is 0 Å². The highest BCUT2D eigenvalue weighted by Gasteiger charge is 2.24. The predicted octanol–water partition coefficient (Wildman–Crippen LogP) is 2.30. The van der Waals surface area contributed by atoms with Crippen LogP contribution in [-0.4, -0.2) is 29.0 Å². The molecule has 1 fully saturated rings. The zero-order chi connectivity index (χ0) is 11.7. The van der Waals surface area contributed by atoms with E-state index in [9.17, 15) is 0 Å². The number of aromatic nitrogens is 1. The van der Waals surface area contributed by atoms with E-state index in [0.717, 1.165) is 43.4 Å². The minimum atomic E-state index is 0. The molecule has 1 aromatic heterocycles. The molecule has 0 radical (unpaired) electrons. The first-order valence-electron chi connectivity index (χ1n) is 5.97. The van der Waals surface area contributed by atoms with Crippen LogP contribution >= 0.6 is 24.8 Å². The van der Waals surface area contributed by atoms with Gasteiger partial charge in [-0.15, -0.1) is 24.8 Å². The Hall–Kier alpha value is -0.290. The van der Waals surface area contributed by atoms with Crippen LogP contribution in [0.1, 0.15) is 30.7 Å². The molecule has 18 heavy (non-hydrogen) atoms. The minimum absolute atomic E-state index is 0. The number of piperidine rings is 1. The number of halogens is 2. The van der Waals surface area contributed by atoms with Gasteiger partial charge in [0.1, 0.15) is 5.76 Å². The zero-order valence-corrected chi connectivity index (χ0v) is 12.8. The lowest BCUT2D eigenvalue weighted by Crippen LogP contribution is -2.45. The summed E-state index contributed by atoms with van der Waals surface area (Å²) < 4.78 is 5.60. The molecule has 0 aromatic carbocycles. The number of hydrogen-bond acceptors (Lipinski definition) is 4. The van der Waals surface area contributed by atoms with Crippen molar-refractivity contribution in [3.05, 3.63) is 17.3 Å². The molecule has 2 N–H and O–H groups in total. The van der Waals surface area contributed by atoms with Crippen LogP contribution in [0.5, 0.6) is 0 Å². The number of likely N-dealkylation sites (tertiary alicyclic amines) is 1. The molecule has 106 valence electrons. The monoisotopic (exact) mass is 295 g/mol. The Labute approximate surface area is 121 Å². The second-order valence-corrected chi connectivity index (χ2v) is 4.91. The molecule has 2 unspecified atom stereocenters. The van der Waals surface area contributed by atoms with E-state index >= 15 is 0 Å². The first kappa shape index (κ1) is 17.7. The summed E-state index contributed by atoms with van der Waals surface area (Å²) >= 11 is 0. The van der Waals surface area contributed by atoms with E-state index in [1.807, 2.05) is 13.8 Å². The first-order valence-corrected chi connectivity index (χ1v) is 5.97. The molecule has 1 aromatic rings. The Morgan fingerprint density at radius 2 is 2.06 bits per heavy atom. The molecule has 0 bridgehead atoms. The lowest BCUT2D eigenvalue weighted by atomic mass is 9.95. The van der Waals surface area contributed by atoms with Crippen molar-refractivity contribution in [1.29, 1.82) is 0 Å². The maximum absolute atomic E-state index is 6.00. The normalized spacial score (nSPS) is 24.2. The van der Waals surface area contributed by atoms with Gasteiger partial charge in [0.2, 0.25) is 5.89 Å². The fraction of sp³-hybridized carbons (Fsp3) is 0.750. The van der Waals surface area contributed by atoms with Crippen LogP contribution in [-0.2, 0) is 6.54 Å². The van der Waals surface area contributed by atoms with Gasteiger partial charge in [-0.2, -0.15) is 0 Å². The van der Waals surface area contributed by atoms with Crippen molar-refractivity contribution in [2.45, 2.75) is 39.8 Å². The van der Waals surface area contributed by atoms with E-state index in [1.54, 1.807) is 0 Å². The average Bonchev–Trinajstić information content (AvgIpc) is 2.52. The average molecular weight is 296 g/mol. The van der Waals surface area contributed by atoms with Gasteiger partial charge in [0.15, 0.2) is 0 Å². The summed E-state index contributed by atoms with van der Waals surface area (Å²) in [7, 11) is 0. The van der Waals surface area contributed by atoms with Crippen molar-refractivity contribution >= 4 is 24.8 Å². The summed E-state index contributed by atoms with van der Waals surface area (Å²) in [5, 5.41) is 0. The Bertz CT molecular complexity index is 351. The molecule has 0 saturated carbocycles. The van der Waals surface area contributed by atoms with Crippen molar-refractivity contribution in [2.24, 2.45) is 11.7 Å². The molecule has 0 amide bonds. The minimum Gasteiger partial charge on any atom is -0.444 e. The van der Waals surface area contributed by atoms with Gasteiger partial charge in [0, 0.05) is 19.1 Å². The van der Waals surface area contributed by atoms with E-state index in [1.165, 1.54) is 0 Å². The summed E-state index contributed by atoms with van der Waals surface area (Å²) in [6.45, 7) is 9.06. The molecular weight excluding hydrogens is 273 g/mol. The maximum atomic E-state index is 6.00. The fourth-order valence-corrected chi connectivity index (χ4v) is 2.19. The highest BCUT2D eigenvalue weighted by atomic mass is 35.5. The van der Waals surface area contributed by atoms with Gasteiger partial charge in [-0.1, -0.05) is 6.92 Å². The molecule has 2 rings (SSSR count). The maximum Gasteiger partial charge on any atom is 0.208 e. The lowest BCUT2D eigenvalue weighted by molar-refractivity contribution is 0.145. The number of rotatable bonds is 2. The number of aryl methyl sites for hydroxylation is 2. The Balaban J connectivity index is 0.00000144. The second kappa shape index (κ2) is 7.34. The lowest BCUT2D eigenvalue weighted by Gasteiger charge is -2.34. The summed E-state index contributed by atoms with van der Waals surface area (Å²) in [5.41, 5.74) is 6.99. The van der Waals surface area contributed by atoms with Crippen LogP contribution in [0, 0.1) is 19.8 Å². The highest BCUT2D eigenvalue weighted by Crippen LogP contribution is 2.18. The molecule has 0 aliphatic carbocycles. The fourth-order valence-electron chi connectivity index (χ4n) is 2.19. The predicted molar refractivity (Wildman–Crippen MR) is 77.5 cm³/mol. The van der Waals surface area contributed by atoms with E-state index in [2.05, 4.69) is 16.8 Å². The van der Waals surface area contributed by atoms with Gasteiger partial charge in [0.25, 0.3) is 0 Å². The van der Waals surface area contributed by atoms with Crippen LogP contribution in [0.15, 0.2) is 4.42 Å². The smallest absolute Gasteiger partial charge is 0.208 e. The van der Waals surface area contributed by atoms with Gasteiger partial charge >= 0.3 is 0 Å². The van der Waals surface area contributed by atoms with Gasteiger partial charge in [0.05, 0.1) is 12.2 Å². The molecular formula is C12H23Cl2N3O. The Kier molecular flexibility index (Phi) is 7.22. The molecule has 6 heteroatoms. The quantitative estimate of drug-likeness (QED) is 0.910. The van der Waals surface area contributed by atoms with Crippen molar-refractivity contribution in [1.82, 2.24) is 9.88 Å². The summed E-state index contributed by atoms with van der Waals surface area (Å²) in [6, 6.07) is 0.351. The van der Waals surface area contributed by atoms with Crippen molar-refractivity contribution in [3.8, 4) is 0 Å². The molecule has 1 aliphatic rings. The van der Waals surface area contributed by atoms with Crippen LogP contribution in [0.2, 0.25) is 0 Å². The van der Waals surface area contributed by atoms with Crippen LogP contribution in [0.4, 0.5) is 0 Å². The molecule has 0 spiro atoms. The van der Waals surface area contributed by atoms with Gasteiger partial charge in [-0.05, 0) is 26.2 Å². The summed E-state index contributed by atoms with van der Waals surface area (Å²) in [5.74, 6) is 2.32. The van der Waals surface area contributed by atoms with E-state index in [0.29, 0.717) is 12.0 Å². The number of hydrogen-bond donors (Lipinski definition) is 1. The van der Waals surface area contributed by atoms with E-state index in [4.69, 9.17) is 10.2 Å². The van der Waals surface area contributed by atoms with E-state index < -0.39 is 0 Å². The number of oxazole rings is 1. The molecule has 2 heterocycles. The summed E-state index contributed by atoms with van der Waals surface area (Å²) in [6.07, 6.45) is 1.07. The third-order valence-electron chi connectivity index (χ3n) is 3.49. The number of nitrogens with two attached hydrogens (primary N) is 1. The summed E-state index contributed by atoms with van der Waals surface area (Å²) in [4.78, 5) is 6.78. The van der Waals surface area contributed by atoms with Gasteiger partial charge in [-0.25, -0.2) is 4.98 Å². The number of nitrogens with zero attached hydrogens (tertiary/aromatic N) is 2. The van der Waals surface area contributed by atoms with E-state index in [-0.39, 0.29) is 24.8 Å². The third-order valence-corrected chi connectivity index (χ3v) is 3.49. The van der Waals surface area contributed by atoms with Crippen LogP contribution in [0.3, 0.4) is 0 Å². The molecule has 1 aliphatic heterocycles. The van der Waals surface area contributed by atoms with Crippen LogP contribution < -0.4 is 5.73 Å².